The molecule has 1 spiro atoms. The van der Waals surface area contributed by atoms with Crippen molar-refractivity contribution in [3.8, 4) is 11.3 Å². The molecule has 34 heavy (non-hydrogen) atoms. The Balaban J connectivity index is 1.30. The number of benzene rings is 1. The molecular weight excluding hydrogens is 446 g/mol. The first-order valence-electron chi connectivity index (χ1n) is 11.4. The number of fused-ring (bicyclic) bond motifs is 3. The smallest absolute Gasteiger partial charge is 0.255 e. The first-order chi connectivity index (χ1) is 16.5. The van der Waals surface area contributed by atoms with Crippen molar-refractivity contribution < 1.29 is 0 Å². The average molecular weight is 470 g/mol. The molecule has 2 aliphatic carbocycles. The maximum absolute atomic E-state index is 12.8. The molecule has 170 valence electrons. The first kappa shape index (κ1) is 21.1. The summed E-state index contributed by atoms with van der Waals surface area (Å²) in [5, 5.41) is 4.49. The molecule has 6 nitrogen and oxygen atoms in total. The van der Waals surface area contributed by atoms with Crippen LogP contribution in [0.3, 0.4) is 0 Å². The first-order valence-corrected chi connectivity index (χ1v) is 11.8. The van der Waals surface area contributed by atoms with Gasteiger partial charge in [0.05, 0.1) is 11.2 Å². The van der Waals surface area contributed by atoms with Gasteiger partial charge >= 0.3 is 0 Å². The summed E-state index contributed by atoms with van der Waals surface area (Å²) in [7, 11) is 1.79. The molecule has 1 aliphatic heterocycles. The van der Waals surface area contributed by atoms with Gasteiger partial charge in [0.15, 0.2) is 0 Å². The van der Waals surface area contributed by atoms with Crippen LogP contribution in [0.5, 0.6) is 0 Å². The third-order valence-corrected chi connectivity index (χ3v) is 7.27. The van der Waals surface area contributed by atoms with Crippen LogP contribution < -0.4 is 15.8 Å². The summed E-state index contributed by atoms with van der Waals surface area (Å²) in [4.78, 5) is 24.0. The van der Waals surface area contributed by atoms with E-state index in [0.29, 0.717) is 17.6 Å². The number of hydrogen-bond acceptors (Lipinski definition) is 5. The van der Waals surface area contributed by atoms with Gasteiger partial charge in [-0.2, -0.15) is 0 Å². The van der Waals surface area contributed by atoms with Crippen molar-refractivity contribution in [2.75, 3.05) is 24.5 Å². The molecule has 2 fully saturated rings. The molecule has 6 rings (SSSR count). The largest absolute Gasteiger partial charge is 0.339 e. The molecule has 2 atom stereocenters. The number of anilines is 1. The van der Waals surface area contributed by atoms with Crippen molar-refractivity contribution in [1.82, 2.24) is 19.9 Å². The molecule has 1 saturated carbocycles. The molecule has 1 N–H and O–H groups in total. The third kappa shape index (κ3) is 3.50. The zero-order valence-corrected chi connectivity index (χ0v) is 19.5. The van der Waals surface area contributed by atoms with Gasteiger partial charge in [0.2, 0.25) is 5.95 Å². The van der Waals surface area contributed by atoms with Crippen LogP contribution in [0, 0.1) is 5.92 Å². The summed E-state index contributed by atoms with van der Waals surface area (Å²) in [6.45, 7) is 2.38. The van der Waals surface area contributed by atoms with Crippen molar-refractivity contribution in [1.29, 1.82) is 0 Å². The molecule has 1 aromatic carbocycles. The summed E-state index contributed by atoms with van der Waals surface area (Å²) in [6.07, 6.45) is 12.3. The minimum absolute atomic E-state index is 0.0657. The lowest BCUT2D eigenvalue weighted by atomic mass is 10.0. The number of allylic oxidation sites excluding steroid dienone is 4. The van der Waals surface area contributed by atoms with Crippen molar-refractivity contribution >= 4 is 23.1 Å². The fourth-order valence-electron chi connectivity index (χ4n) is 5.12. The van der Waals surface area contributed by atoms with E-state index in [9.17, 15) is 4.79 Å². The number of hydrogen-bond donors (Lipinski definition) is 1. The second-order valence-electron chi connectivity index (χ2n) is 8.98. The van der Waals surface area contributed by atoms with Gasteiger partial charge in [-0.1, -0.05) is 48.0 Å². The van der Waals surface area contributed by atoms with E-state index in [4.69, 9.17) is 16.6 Å². The van der Waals surface area contributed by atoms with Crippen LogP contribution in [0.2, 0.25) is 5.02 Å². The number of pyridine rings is 1. The van der Waals surface area contributed by atoms with E-state index in [1.807, 2.05) is 36.4 Å². The number of nitrogens with one attached hydrogen (secondary N) is 1. The molecule has 1 saturated heterocycles. The van der Waals surface area contributed by atoms with Crippen molar-refractivity contribution in [2.45, 2.75) is 5.54 Å². The van der Waals surface area contributed by atoms with Crippen LogP contribution in [-0.4, -0.2) is 39.7 Å². The van der Waals surface area contributed by atoms with Gasteiger partial charge in [-0.25, -0.2) is 4.98 Å². The number of nitrogens with zero attached hydrogens (tertiary/aromatic N) is 4. The molecule has 0 radical (unpaired) electrons. The van der Waals surface area contributed by atoms with Gasteiger partial charge in [-0.15, -0.1) is 0 Å². The minimum Gasteiger partial charge on any atom is -0.339 e. The maximum atomic E-state index is 12.8. The lowest BCUT2D eigenvalue weighted by Crippen LogP contribution is -2.55. The Hall–Kier alpha value is -3.48. The van der Waals surface area contributed by atoms with E-state index < -0.39 is 0 Å². The lowest BCUT2D eigenvalue weighted by molar-refractivity contribution is 0.428. The number of aromatic nitrogens is 3. The van der Waals surface area contributed by atoms with Crippen LogP contribution in [-0.2, 0) is 7.05 Å². The average Bonchev–Trinajstić information content (AvgIpc) is 3.52. The van der Waals surface area contributed by atoms with Gasteiger partial charge in [0, 0.05) is 61.6 Å². The van der Waals surface area contributed by atoms with Gasteiger partial charge < -0.3 is 10.2 Å². The zero-order chi connectivity index (χ0) is 23.3. The van der Waals surface area contributed by atoms with Gasteiger partial charge in [-0.05, 0) is 41.0 Å². The number of halogens is 1. The predicted molar refractivity (Wildman–Crippen MR) is 136 cm³/mol. The van der Waals surface area contributed by atoms with E-state index in [2.05, 4.69) is 39.5 Å². The molecular formula is C27H24ClN5O. The summed E-state index contributed by atoms with van der Waals surface area (Å²) in [5.41, 5.74) is 5.07. The highest BCUT2D eigenvalue weighted by Crippen LogP contribution is 2.54. The Morgan fingerprint density at radius 1 is 1.09 bits per heavy atom. The second kappa shape index (κ2) is 8.08. The van der Waals surface area contributed by atoms with Crippen LogP contribution in [0.15, 0.2) is 89.5 Å². The van der Waals surface area contributed by atoms with Gasteiger partial charge in [-0.3, -0.25) is 14.3 Å². The second-order valence-corrected chi connectivity index (χ2v) is 9.42. The normalized spacial score (nSPS) is 23.2. The number of rotatable bonds is 3. The van der Waals surface area contributed by atoms with E-state index >= 15 is 0 Å². The minimum atomic E-state index is -0.124. The van der Waals surface area contributed by atoms with Crippen LogP contribution in [0.25, 0.3) is 16.8 Å². The highest BCUT2D eigenvalue weighted by atomic mass is 35.5. The Morgan fingerprint density at radius 2 is 1.88 bits per heavy atom. The topological polar surface area (TPSA) is 63.1 Å². The van der Waals surface area contributed by atoms with Crippen molar-refractivity contribution in [2.24, 2.45) is 13.0 Å². The van der Waals surface area contributed by atoms with Crippen LogP contribution >= 0.6 is 11.6 Å². The Kier molecular flexibility index (Phi) is 5.01. The van der Waals surface area contributed by atoms with Crippen LogP contribution in [0.1, 0.15) is 5.56 Å². The molecule has 3 aromatic rings. The fourth-order valence-corrected chi connectivity index (χ4v) is 5.25. The van der Waals surface area contributed by atoms with E-state index in [0.717, 1.165) is 35.8 Å². The van der Waals surface area contributed by atoms with Crippen molar-refractivity contribution in [3.05, 3.63) is 106 Å². The number of piperazine rings is 1. The predicted octanol–water partition coefficient (Wildman–Crippen LogP) is 3.85. The van der Waals surface area contributed by atoms with E-state index in [1.54, 1.807) is 30.1 Å². The Labute approximate surface area is 202 Å². The summed E-state index contributed by atoms with van der Waals surface area (Å²) in [5.74, 6) is 1.01. The molecule has 0 bridgehead atoms. The maximum Gasteiger partial charge on any atom is 0.255 e. The SMILES string of the molecule is Cn1c(N2CCNC3(C2)C2=CC=C(c4ccc(Cl)cc4)C=CC23)nc(-c2ccncc2)cc1=O. The van der Waals surface area contributed by atoms with E-state index in [1.165, 1.54) is 11.1 Å². The van der Waals surface area contributed by atoms with Gasteiger partial charge in [0.1, 0.15) is 0 Å². The highest BCUT2D eigenvalue weighted by Gasteiger charge is 2.60. The Bertz CT molecular complexity index is 1410. The third-order valence-electron chi connectivity index (χ3n) is 7.02. The summed E-state index contributed by atoms with van der Waals surface area (Å²) < 4.78 is 1.64. The summed E-state index contributed by atoms with van der Waals surface area (Å²) >= 11 is 6.05. The molecule has 2 unspecified atom stereocenters. The molecule has 0 amide bonds. The van der Waals surface area contributed by atoms with Gasteiger partial charge in [0.25, 0.3) is 5.56 Å². The Morgan fingerprint density at radius 3 is 2.68 bits per heavy atom. The summed E-state index contributed by atoms with van der Waals surface area (Å²) in [6, 6.07) is 13.3. The standard InChI is InChI=1S/C27H24ClN5O/c1-32-25(34)16-24(20-10-12-29-13-11-20)31-26(32)33-15-14-30-27(17-33)22-8-4-19(5-9-23(22)27)18-2-6-21(28)7-3-18/h2-13,16,22,30H,14-15,17H2,1H3. The molecule has 2 aromatic heterocycles. The molecule has 7 heteroatoms. The molecule has 3 aliphatic rings. The van der Waals surface area contributed by atoms with Crippen LogP contribution in [0.4, 0.5) is 5.95 Å². The fraction of sp³-hybridized carbons (Fsp3) is 0.222. The lowest BCUT2D eigenvalue weighted by Gasteiger charge is -2.36. The van der Waals surface area contributed by atoms with E-state index in [-0.39, 0.29) is 11.1 Å². The van der Waals surface area contributed by atoms with Crippen molar-refractivity contribution in [3.63, 3.8) is 0 Å². The zero-order valence-electron chi connectivity index (χ0n) is 18.8. The highest BCUT2D eigenvalue weighted by molar-refractivity contribution is 6.30. The quantitative estimate of drug-likeness (QED) is 0.631. The molecule has 3 heterocycles. The monoisotopic (exact) mass is 469 g/mol.